The SMILES string of the molecule is O=C1CCOc2ccc(CNC3CCC3)cc2N1. The highest BCUT2D eigenvalue weighted by Crippen LogP contribution is 2.28. The summed E-state index contributed by atoms with van der Waals surface area (Å²) in [5.41, 5.74) is 1.98. The van der Waals surface area contributed by atoms with Crippen molar-refractivity contribution in [1.29, 1.82) is 0 Å². The van der Waals surface area contributed by atoms with Gasteiger partial charge in [-0.25, -0.2) is 0 Å². The van der Waals surface area contributed by atoms with Crippen LogP contribution in [0.1, 0.15) is 31.2 Å². The Labute approximate surface area is 107 Å². The van der Waals surface area contributed by atoms with Crippen molar-refractivity contribution in [3.05, 3.63) is 23.8 Å². The summed E-state index contributed by atoms with van der Waals surface area (Å²) in [4.78, 5) is 11.5. The smallest absolute Gasteiger partial charge is 0.227 e. The first kappa shape index (κ1) is 11.5. The molecule has 1 aromatic rings. The summed E-state index contributed by atoms with van der Waals surface area (Å²) in [5.74, 6) is 0.797. The van der Waals surface area contributed by atoms with Gasteiger partial charge in [0.25, 0.3) is 0 Å². The molecule has 1 aliphatic carbocycles. The predicted molar refractivity (Wildman–Crippen MR) is 69.7 cm³/mol. The van der Waals surface area contributed by atoms with Crippen LogP contribution in [0.4, 0.5) is 5.69 Å². The highest BCUT2D eigenvalue weighted by Gasteiger charge is 2.17. The summed E-state index contributed by atoms with van der Waals surface area (Å²) in [5, 5.41) is 6.40. The van der Waals surface area contributed by atoms with Crippen LogP contribution in [-0.4, -0.2) is 18.6 Å². The molecule has 0 aromatic heterocycles. The third-order valence-corrected chi connectivity index (χ3v) is 3.60. The number of ether oxygens (including phenoxy) is 1. The number of hydrogen-bond donors (Lipinski definition) is 2. The highest BCUT2D eigenvalue weighted by atomic mass is 16.5. The van der Waals surface area contributed by atoms with Crippen molar-refractivity contribution in [3.8, 4) is 5.75 Å². The molecule has 4 heteroatoms. The zero-order valence-electron chi connectivity index (χ0n) is 10.4. The fourth-order valence-corrected chi connectivity index (χ4v) is 2.25. The summed E-state index contributed by atoms with van der Waals surface area (Å²) >= 11 is 0. The van der Waals surface area contributed by atoms with Gasteiger partial charge in [-0.3, -0.25) is 4.79 Å². The maximum absolute atomic E-state index is 11.5. The van der Waals surface area contributed by atoms with Crippen LogP contribution in [0.2, 0.25) is 0 Å². The van der Waals surface area contributed by atoms with Crippen LogP contribution in [0.25, 0.3) is 0 Å². The fourth-order valence-electron chi connectivity index (χ4n) is 2.25. The normalized spacial score (nSPS) is 19.2. The molecule has 18 heavy (non-hydrogen) atoms. The molecule has 0 atom stereocenters. The number of carbonyl (C=O) groups excluding carboxylic acids is 1. The van der Waals surface area contributed by atoms with E-state index in [-0.39, 0.29) is 5.91 Å². The Kier molecular flexibility index (Phi) is 3.19. The molecule has 2 aliphatic rings. The van der Waals surface area contributed by atoms with Crippen molar-refractivity contribution >= 4 is 11.6 Å². The molecule has 1 aliphatic heterocycles. The van der Waals surface area contributed by atoms with Crippen molar-refractivity contribution < 1.29 is 9.53 Å². The van der Waals surface area contributed by atoms with E-state index in [0.717, 1.165) is 18.0 Å². The minimum atomic E-state index is 0.0258. The first-order valence-corrected chi connectivity index (χ1v) is 6.60. The van der Waals surface area contributed by atoms with Crippen LogP contribution in [0.5, 0.6) is 5.75 Å². The standard InChI is InChI=1S/C14H18N2O2/c17-14-6-7-18-13-5-4-10(8-12(13)16-14)9-15-11-2-1-3-11/h4-5,8,11,15H,1-3,6-7,9H2,(H,16,17). The van der Waals surface area contributed by atoms with E-state index >= 15 is 0 Å². The van der Waals surface area contributed by atoms with E-state index in [0.29, 0.717) is 19.1 Å². The minimum absolute atomic E-state index is 0.0258. The number of benzene rings is 1. The van der Waals surface area contributed by atoms with Gasteiger partial charge in [-0.2, -0.15) is 0 Å². The molecule has 4 nitrogen and oxygen atoms in total. The lowest BCUT2D eigenvalue weighted by atomic mass is 9.93. The first-order chi connectivity index (χ1) is 8.81. The molecule has 1 heterocycles. The Hall–Kier alpha value is -1.55. The van der Waals surface area contributed by atoms with Crippen LogP contribution in [0.15, 0.2) is 18.2 Å². The zero-order chi connectivity index (χ0) is 12.4. The van der Waals surface area contributed by atoms with Gasteiger partial charge in [-0.15, -0.1) is 0 Å². The van der Waals surface area contributed by atoms with E-state index in [9.17, 15) is 4.79 Å². The summed E-state index contributed by atoms with van der Waals surface area (Å²) in [7, 11) is 0. The van der Waals surface area contributed by atoms with E-state index < -0.39 is 0 Å². The molecule has 1 aromatic carbocycles. The molecule has 1 amide bonds. The van der Waals surface area contributed by atoms with Crippen LogP contribution in [0.3, 0.4) is 0 Å². The molecule has 0 saturated heterocycles. The van der Waals surface area contributed by atoms with E-state index in [1.165, 1.54) is 24.8 Å². The molecular formula is C14H18N2O2. The summed E-state index contributed by atoms with van der Waals surface area (Å²) < 4.78 is 5.53. The van der Waals surface area contributed by atoms with E-state index in [1.807, 2.05) is 12.1 Å². The van der Waals surface area contributed by atoms with Crippen molar-refractivity contribution in [2.24, 2.45) is 0 Å². The van der Waals surface area contributed by atoms with Crippen LogP contribution in [0, 0.1) is 0 Å². The molecule has 0 radical (unpaired) electrons. The average molecular weight is 246 g/mol. The molecular weight excluding hydrogens is 228 g/mol. The van der Waals surface area contributed by atoms with Gasteiger partial charge in [0, 0.05) is 12.6 Å². The van der Waals surface area contributed by atoms with Crippen molar-refractivity contribution in [2.45, 2.75) is 38.3 Å². The summed E-state index contributed by atoms with van der Waals surface area (Å²) in [6.07, 6.45) is 4.33. The molecule has 1 fully saturated rings. The third-order valence-electron chi connectivity index (χ3n) is 3.60. The molecule has 0 unspecified atom stereocenters. The lowest BCUT2D eigenvalue weighted by Gasteiger charge is -2.26. The Balaban J connectivity index is 1.70. The maximum atomic E-state index is 11.5. The molecule has 3 rings (SSSR count). The Morgan fingerprint density at radius 3 is 3.06 bits per heavy atom. The number of hydrogen-bond acceptors (Lipinski definition) is 3. The van der Waals surface area contributed by atoms with Gasteiger partial charge < -0.3 is 15.4 Å². The topological polar surface area (TPSA) is 50.4 Å². The van der Waals surface area contributed by atoms with Gasteiger partial charge in [-0.1, -0.05) is 12.5 Å². The molecule has 96 valence electrons. The second-order valence-electron chi connectivity index (χ2n) is 4.99. The van der Waals surface area contributed by atoms with Crippen LogP contribution < -0.4 is 15.4 Å². The van der Waals surface area contributed by atoms with E-state index in [2.05, 4.69) is 16.7 Å². The monoisotopic (exact) mass is 246 g/mol. The number of anilines is 1. The summed E-state index contributed by atoms with van der Waals surface area (Å²) in [6, 6.07) is 6.68. The number of nitrogens with one attached hydrogen (secondary N) is 2. The van der Waals surface area contributed by atoms with Crippen molar-refractivity contribution in [1.82, 2.24) is 5.32 Å². The average Bonchev–Trinajstić information content (AvgIpc) is 2.47. The number of fused-ring (bicyclic) bond motifs is 1. The molecule has 1 saturated carbocycles. The molecule has 0 spiro atoms. The second-order valence-corrected chi connectivity index (χ2v) is 4.99. The largest absolute Gasteiger partial charge is 0.491 e. The number of rotatable bonds is 3. The van der Waals surface area contributed by atoms with Gasteiger partial charge >= 0.3 is 0 Å². The van der Waals surface area contributed by atoms with Crippen molar-refractivity contribution in [3.63, 3.8) is 0 Å². The number of amides is 1. The lowest BCUT2D eigenvalue weighted by molar-refractivity contribution is -0.116. The van der Waals surface area contributed by atoms with E-state index in [4.69, 9.17) is 4.74 Å². The van der Waals surface area contributed by atoms with Gasteiger partial charge in [0.05, 0.1) is 18.7 Å². The van der Waals surface area contributed by atoms with Gasteiger partial charge in [0.1, 0.15) is 5.75 Å². The fraction of sp³-hybridized carbons (Fsp3) is 0.500. The number of carbonyl (C=O) groups is 1. The lowest BCUT2D eigenvalue weighted by Crippen LogP contribution is -2.34. The summed E-state index contributed by atoms with van der Waals surface area (Å²) in [6.45, 7) is 1.31. The Morgan fingerprint density at radius 1 is 1.39 bits per heavy atom. The van der Waals surface area contributed by atoms with Gasteiger partial charge in [0.2, 0.25) is 5.91 Å². The maximum Gasteiger partial charge on any atom is 0.227 e. The zero-order valence-corrected chi connectivity index (χ0v) is 10.4. The van der Waals surface area contributed by atoms with Crippen molar-refractivity contribution in [2.75, 3.05) is 11.9 Å². The second kappa shape index (κ2) is 4.98. The van der Waals surface area contributed by atoms with Gasteiger partial charge in [0.15, 0.2) is 0 Å². The third kappa shape index (κ3) is 2.48. The van der Waals surface area contributed by atoms with Crippen LogP contribution in [-0.2, 0) is 11.3 Å². The highest BCUT2D eigenvalue weighted by molar-refractivity contribution is 5.93. The molecule has 0 bridgehead atoms. The quantitative estimate of drug-likeness (QED) is 0.858. The van der Waals surface area contributed by atoms with E-state index in [1.54, 1.807) is 0 Å². The van der Waals surface area contributed by atoms with Crippen LogP contribution >= 0.6 is 0 Å². The first-order valence-electron chi connectivity index (χ1n) is 6.60. The molecule has 2 N–H and O–H groups in total. The Bertz CT molecular complexity index is 455. The Morgan fingerprint density at radius 2 is 2.28 bits per heavy atom. The predicted octanol–water partition coefficient (Wildman–Crippen LogP) is 2.05. The van der Waals surface area contributed by atoms with Gasteiger partial charge in [-0.05, 0) is 30.5 Å². The minimum Gasteiger partial charge on any atom is -0.491 e.